The molecule has 0 aliphatic carbocycles. The summed E-state index contributed by atoms with van der Waals surface area (Å²) in [4.78, 5) is 0. The Kier molecular flexibility index (Phi) is 6.38. The van der Waals surface area contributed by atoms with E-state index in [0.717, 1.165) is 27.8 Å². The number of aryl methyl sites for hydroxylation is 1. The zero-order valence-electron chi connectivity index (χ0n) is 16.4. The SMILES string of the molecule is Cc1ccc(Cl)cc1NCc1cc(Cl)c(OCc2cccc3ccccc23)c(Cl)c1. The molecular formula is C25H20Cl3NO. The number of nitrogens with one attached hydrogen (secondary N) is 1. The topological polar surface area (TPSA) is 21.3 Å². The summed E-state index contributed by atoms with van der Waals surface area (Å²) < 4.78 is 6.01. The van der Waals surface area contributed by atoms with E-state index in [-0.39, 0.29) is 0 Å². The maximum atomic E-state index is 6.50. The van der Waals surface area contributed by atoms with Crippen molar-refractivity contribution in [1.82, 2.24) is 0 Å². The second kappa shape index (κ2) is 9.18. The van der Waals surface area contributed by atoms with Crippen LogP contribution in [-0.2, 0) is 13.2 Å². The van der Waals surface area contributed by atoms with Gasteiger partial charge in [-0.05, 0) is 58.7 Å². The van der Waals surface area contributed by atoms with Gasteiger partial charge < -0.3 is 10.1 Å². The Bertz CT molecular complexity index is 1180. The fourth-order valence-electron chi connectivity index (χ4n) is 3.40. The Hall–Kier alpha value is -2.39. The van der Waals surface area contributed by atoms with Gasteiger partial charge in [0.2, 0.25) is 0 Å². The Morgan fingerprint density at radius 2 is 1.57 bits per heavy atom. The van der Waals surface area contributed by atoms with Crippen LogP contribution >= 0.6 is 34.8 Å². The number of hydrogen-bond acceptors (Lipinski definition) is 2. The Morgan fingerprint density at radius 3 is 2.37 bits per heavy atom. The van der Waals surface area contributed by atoms with Gasteiger partial charge in [-0.2, -0.15) is 0 Å². The molecule has 0 bridgehead atoms. The fraction of sp³-hybridized carbons (Fsp3) is 0.120. The summed E-state index contributed by atoms with van der Waals surface area (Å²) in [5.74, 6) is 0.494. The highest BCUT2D eigenvalue weighted by atomic mass is 35.5. The van der Waals surface area contributed by atoms with Crippen LogP contribution in [-0.4, -0.2) is 0 Å². The molecule has 0 radical (unpaired) electrons. The largest absolute Gasteiger partial charge is 0.486 e. The van der Waals surface area contributed by atoms with Crippen molar-refractivity contribution < 1.29 is 4.74 Å². The molecule has 5 heteroatoms. The van der Waals surface area contributed by atoms with Crippen molar-refractivity contribution in [2.24, 2.45) is 0 Å². The third kappa shape index (κ3) is 4.67. The van der Waals surface area contributed by atoms with Gasteiger partial charge in [-0.25, -0.2) is 0 Å². The van der Waals surface area contributed by atoms with Crippen LogP contribution in [0.1, 0.15) is 16.7 Å². The van der Waals surface area contributed by atoms with E-state index in [9.17, 15) is 0 Å². The zero-order chi connectivity index (χ0) is 21.1. The molecule has 0 aliphatic heterocycles. The van der Waals surface area contributed by atoms with Crippen LogP contribution in [0, 0.1) is 6.92 Å². The lowest BCUT2D eigenvalue weighted by Crippen LogP contribution is -2.02. The monoisotopic (exact) mass is 455 g/mol. The molecule has 0 aliphatic rings. The molecule has 0 spiro atoms. The fourth-order valence-corrected chi connectivity index (χ4v) is 4.22. The lowest BCUT2D eigenvalue weighted by atomic mass is 10.1. The van der Waals surface area contributed by atoms with Gasteiger partial charge in [0, 0.05) is 17.3 Å². The summed E-state index contributed by atoms with van der Waals surface area (Å²) in [5, 5.41) is 7.38. The number of anilines is 1. The third-order valence-electron chi connectivity index (χ3n) is 4.99. The van der Waals surface area contributed by atoms with E-state index in [1.165, 1.54) is 5.39 Å². The van der Waals surface area contributed by atoms with Gasteiger partial charge in [0.05, 0.1) is 10.0 Å². The van der Waals surface area contributed by atoms with Crippen LogP contribution in [0.2, 0.25) is 15.1 Å². The lowest BCUT2D eigenvalue weighted by Gasteiger charge is -2.14. The van der Waals surface area contributed by atoms with Gasteiger partial charge in [0.25, 0.3) is 0 Å². The molecule has 0 saturated carbocycles. The third-order valence-corrected chi connectivity index (χ3v) is 5.79. The number of rotatable bonds is 6. The molecule has 0 unspecified atom stereocenters. The molecule has 4 aromatic carbocycles. The minimum atomic E-state index is 0.389. The van der Waals surface area contributed by atoms with Crippen LogP contribution in [0.25, 0.3) is 10.8 Å². The first kappa shape index (κ1) is 20.9. The van der Waals surface area contributed by atoms with Crippen molar-refractivity contribution in [2.75, 3.05) is 5.32 Å². The van der Waals surface area contributed by atoms with E-state index in [4.69, 9.17) is 39.5 Å². The standard InChI is InChI=1S/C25H20Cl3NO/c1-16-9-10-20(26)13-24(16)29-14-17-11-22(27)25(23(28)12-17)30-15-19-7-4-6-18-5-2-3-8-21(18)19/h2-13,29H,14-15H2,1H3. The van der Waals surface area contributed by atoms with Crippen LogP contribution in [0.5, 0.6) is 5.75 Å². The zero-order valence-corrected chi connectivity index (χ0v) is 18.7. The van der Waals surface area contributed by atoms with Gasteiger partial charge in [0.1, 0.15) is 6.61 Å². The van der Waals surface area contributed by atoms with Crippen molar-refractivity contribution in [3.8, 4) is 5.75 Å². The maximum Gasteiger partial charge on any atom is 0.156 e. The normalized spacial score (nSPS) is 10.9. The quantitative estimate of drug-likeness (QED) is 0.315. The first-order valence-electron chi connectivity index (χ1n) is 9.58. The Labute approximate surface area is 191 Å². The Balaban J connectivity index is 1.49. The number of ether oxygens (including phenoxy) is 1. The summed E-state index contributed by atoms with van der Waals surface area (Å²) >= 11 is 19.1. The number of hydrogen-bond donors (Lipinski definition) is 1. The minimum Gasteiger partial charge on any atom is -0.486 e. The van der Waals surface area contributed by atoms with E-state index < -0.39 is 0 Å². The second-order valence-corrected chi connectivity index (χ2v) is 8.38. The maximum absolute atomic E-state index is 6.50. The van der Waals surface area contributed by atoms with E-state index in [2.05, 4.69) is 29.6 Å². The van der Waals surface area contributed by atoms with E-state index in [0.29, 0.717) is 34.0 Å². The van der Waals surface area contributed by atoms with Crippen LogP contribution < -0.4 is 10.1 Å². The number of benzene rings is 4. The molecule has 0 heterocycles. The van der Waals surface area contributed by atoms with Crippen LogP contribution in [0.4, 0.5) is 5.69 Å². The molecule has 152 valence electrons. The molecule has 4 aromatic rings. The molecule has 0 fully saturated rings. The summed E-state index contributed by atoms with van der Waals surface area (Å²) in [5.41, 5.74) is 4.14. The molecule has 1 N–H and O–H groups in total. The van der Waals surface area contributed by atoms with E-state index >= 15 is 0 Å². The summed E-state index contributed by atoms with van der Waals surface area (Å²) in [7, 11) is 0. The average molecular weight is 457 g/mol. The van der Waals surface area contributed by atoms with Crippen LogP contribution in [0.15, 0.2) is 72.8 Å². The van der Waals surface area contributed by atoms with Crippen molar-refractivity contribution in [3.63, 3.8) is 0 Å². The van der Waals surface area contributed by atoms with Gasteiger partial charge in [-0.1, -0.05) is 83.3 Å². The molecule has 0 saturated heterocycles. The molecule has 0 amide bonds. The van der Waals surface area contributed by atoms with Crippen LogP contribution in [0.3, 0.4) is 0 Å². The summed E-state index contributed by atoms with van der Waals surface area (Å²) in [6, 6.07) is 23.9. The first-order chi connectivity index (χ1) is 14.5. The number of fused-ring (bicyclic) bond motifs is 1. The van der Waals surface area contributed by atoms with E-state index in [1.54, 1.807) is 0 Å². The highest BCUT2D eigenvalue weighted by molar-refractivity contribution is 6.37. The van der Waals surface area contributed by atoms with Crippen molar-refractivity contribution >= 4 is 51.3 Å². The highest BCUT2D eigenvalue weighted by Gasteiger charge is 2.11. The highest BCUT2D eigenvalue weighted by Crippen LogP contribution is 2.35. The predicted molar refractivity (Wildman–Crippen MR) is 128 cm³/mol. The summed E-state index contributed by atoms with van der Waals surface area (Å²) in [6.45, 7) is 2.99. The minimum absolute atomic E-state index is 0.389. The van der Waals surface area contributed by atoms with Crippen molar-refractivity contribution in [1.29, 1.82) is 0 Å². The van der Waals surface area contributed by atoms with Gasteiger partial charge in [-0.15, -0.1) is 0 Å². The van der Waals surface area contributed by atoms with Gasteiger partial charge >= 0.3 is 0 Å². The molecule has 0 aromatic heterocycles. The lowest BCUT2D eigenvalue weighted by molar-refractivity contribution is 0.308. The molecular weight excluding hydrogens is 437 g/mol. The number of halogens is 3. The van der Waals surface area contributed by atoms with Crippen molar-refractivity contribution in [3.05, 3.63) is 105 Å². The first-order valence-corrected chi connectivity index (χ1v) is 10.7. The predicted octanol–water partition coefficient (Wildman–Crippen LogP) is 8.30. The second-order valence-electron chi connectivity index (χ2n) is 7.13. The van der Waals surface area contributed by atoms with Gasteiger partial charge in [-0.3, -0.25) is 0 Å². The average Bonchev–Trinajstić information content (AvgIpc) is 2.74. The van der Waals surface area contributed by atoms with Gasteiger partial charge in [0.15, 0.2) is 5.75 Å². The molecule has 2 nitrogen and oxygen atoms in total. The Morgan fingerprint density at radius 1 is 0.833 bits per heavy atom. The molecule has 4 rings (SSSR count). The van der Waals surface area contributed by atoms with E-state index in [1.807, 2.05) is 55.5 Å². The summed E-state index contributed by atoms with van der Waals surface area (Å²) in [6.07, 6.45) is 0. The molecule has 30 heavy (non-hydrogen) atoms. The van der Waals surface area contributed by atoms with Crippen molar-refractivity contribution in [2.45, 2.75) is 20.1 Å². The smallest absolute Gasteiger partial charge is 0.156 e. The molecule has 0 atom stereocenters.